The third kappa shape index (κ3) is 6.03. The Morgan fingerprint density at radius 1 is 0.769 bits per heavy atom. The molecule has 0 aliphatic heterocycles. The van der Waals surface area contributed by atoms with Crippen LogP contribution >= 0.6 is 0 Å². The van der Waals surface area contributed by atoms with E-state index < -0.39 is 0 Å². The fourth-order valence-corrected chi connectivity index (χ4v) is 3.12. The molecule has 1 unspecified atom stereocenters. The van der Waals surface area contributed by atoms with Gasteiger partial charge in [0.05, 0.1) is 0 Å². The quantitative estimate of drug-likeness (QED) is 0.621. The van der Waals surface area contributed by atoms with Gasteiger partial charge in [0.25, 0.3) is 0 Å². The molecule has 2 aliphatic carbocycles. The number of hydrogen-bond donors (Lipinski definition) is 0. The Balaban J connectivity index is 0.000000351. The van der Waals surface area contributed by atoms with Crippen LogP contribution in [-0.4, -0.2) is 0 Å². The molecule has 0 N–H and O–H groups in total. The standard InChI is InChI=1S/C19H19O.C5H5.Fe/c1-14-7-3-6-10-18(14)19(16-8-4-5-9-16)13-17-12-11-15(2)20-17;1-2-4-5-3-1;/h3-12,19H,13H2,1-2H3;1-5H;. The number of aryl methyl sites for hydroxylation is 2. The minimum absolute atomic E-state index is 0. The van der Waals surface area contributed by atoms with E-state index in [0.717, 1.165) is 17.9 Å². The van der Waals surface area contributed by atoms with Gasteiger partial charge in [0.2, 0.25) is 0 Å². The van der Waals surface area contributed by atoms with Gasteiger partial charge < -0.3 is 4.42 Å². The predicted octanol–water partition coefficient (Wildman–Crippen LogP) is 5.65. The normalized spacial score (nSPS) is 18.1. The van der Waals surface area contributed by atoms with Gasteiger partial charge in [-0.05, 0) is 107 Å². The largest absolute Gasteiger partial charge is 0.466 e. The fraction of sp³-hybridized carbons (Fsp3) is 0.167. The Labute approximate surface area is 170 Å². The molecule has 4 rings (SSSR count). The molecule has 0 amide bonds. The fourth-order valence-electron chi connectivity index (χ4n) is 3.12. The molecule has 10 radical (unpaired) electrons. The number of benzene rings is 1. The van der Waals surface area contributed by atoms with E-state index >= 15 is 0 Å². The van der Waals surface area contributed by atoms with Crippen molar-refractivity contribution in [3.05, 3.63) is 123 Å². The first kappa shape index (κ1) is 21.3. The van der Waals surface area contributed by atoms with Crippen LogP contribution in [0.5, 0.6) is 0 Å². The Kier molecular flexibility index (Phi) is 9.02. The minimum Gasteiger partial charge on any atom is -0.466 e. The van der Waals surface area contributed by atoms with Crippen molar-refractivity contribution in [2.75, 3.05) is 0 Å². The van der Waals surface area contributed by atoms with Gasteiger partial charge in [0.15, 0.2) is 0 Å². The number of furan rings is 1. The molecule has 2 heteroatoms. The summed E-state index contributed by atoms with van der Waals surface area (Å²) in [6, 6.07) is 12.7. The van der Waals surface area contributed by atoms with E-state index in [-0.39, 0.29) is 17.1 Å². The molecule has 134 valence electrons. The van der Waals surface area contributed by atoms with Crippen molar-refractivity contribution in [3.8, 4) is 0 Å². The summed E-state index contributed by atoms with van der Waals surface area (Å²) in [5.41, 5.74) is 2.72. The maximum atomic E-state index is 5.77. The van der Waals surface area contributed by atoms with Gasteiger partial charge in [-0.25, -0.2) is 0 Å². The molecule has 2 fully saturated rings. The molecular weight excluding hydrogens is 360 g/mol. The van der Waals surface area contributed by atoms with Crippen LogP contribution in [0.15, 0.2) is 40.8 Å². The zero-order valence-electron chi connectivity index (χ0n) is 15.2. The van der Waals surface area contributed by atoms with Crippen LogP contribution in [0.4, 0.5) is 0 Å². The van der Waals surface area contributed by atoms with Gasteiger partial charge in [-0.1, -0.05) is 24.3 Å². The predicted molar refractivity (Wildman–Crippen MR) is 103 cm³/mol. The van der Waals surface area contributed by atoms with Crippen LogP contribution in [0.1, 0.15) is 28.6 Å². The van der Waals surface area contributed by atoms with Crippen molar-refractivity contribution < 1.29 is 21.5 Å². The molecule has 1 aromatic carbocycles. The SMILES string of the molecule is Cc1ccc(CC([C]2[CH][CH][CH][CH]2)c2ccccc2C)o1.[CH]1[CH][CH][CH][CH]1.[Fe]. The maximum Gasteiger partial charge on any atom is 0.104 e. The van der Waals surface area contributed by atoms with Crippen LogP contribution < -0.4 is 0 Å². The molecule has 0 spiro atoms. The Hall–Kier alpha value is -0.981. The van der Waals surface area contributed by atoms with Gasteiger partial charge in [0.1, 0.15) is 11.5 Å². The number of hydrogen-bond acceptors (Lipinski definition) is 1. The second-order valence-corrected chi connectivity index (χ2v) is 6.31. The van der Waals surface area contributed by atoms with E-state index in [4.69, 9.17) is 4.42 Å². The molecule has 26 heavy (non-hydrogen) atoms. The Morgan fingerprint density at radius 2 is 1.38 bits per heavy atom. The monoisotopic (exact) mass is 384 g/mol. The average Bonchev–Trinajstić information content (AvgIpc) is 3.38. The zero-order chi connectivity index (χ0) is 17.5. The Bertz CT molecular complexity index is 628. The summed E-state index contributed by atoms with van der Waals surface area (Å²) in [5.74, 6) is 3.74. The molecule has 1 aromatic heterocycles. The van der Waals surface area contributed by atoms with Crippen LogP contribution in [0.25, 0.3) is 0 Å². The molecule has 1 nitrogen and oxygen atoms in total. The van der Waals surface area contributed by atoms with E-state index in [2.05, 4.69) is 62.9 Å². The van der Waals surface area contributed by atoms with Crippen molar-refractivity contribution in [1.82, 2.24) is 0 Å². The third-order valence-corrected chi connectivity index (χ3v) is 4.41. The second-order valence-electron chi connectivity index (χ2n) is 6.31. The summed E-state index contributed by atoms with van der Waals surface area (Å²) in [4.78, 5) is 0. The number of rotatable bonds is 4. The molecule has 0 bridgehead atoms. The summed E-state index contributed by atoms with van der Waals surface area (Å²) in [6.07, 6.45) is 19.5. The van der Waals surface area contributed by atoms with Crippen molar-refractivity contribution in [2.45, 2.75) is 26.2 Å². The third-order valence-electron chi connectivity index (χ3n) is 4.41. The van der Waals surface area contributed by atoms with E-state index in [1.165, 1.54) is 17.0 Å². The average molecular weight is 384 g/mol. The van der Waals surface area contributed by atoms with Gasteiger partial charge in [-0.2, -0.15) is 0 Å². The Morgan fingerprint density at radius 3 is 1.92 bits per heavy atom. The summed E-state index contributed by atoms with van der Waals surface area (Å²) < 4.78 is 5.77. The van der Waals surface area contributed by atoms with Gasteiger partial charge >= 0.3 is 0 Å². The molecule has 0 saturated heterocycles. The molecule has 2 aromatic rings. The van der Waals surface area contributed by atoms with Gasteiger partial charge in [-0.15, -0.1) is 0 Å². The smallest absolute Gasteiger partial charge is 0.104 e. The van der Waals surface area contributed by atoms with Crippen LogP contribution in [0.2, 0.25) is 0 Å². The van der Waals surface area contributed by atoms with Crippen molar-refractivity contribution >= 4 is 0 Å². The molecule has 2 aliphatic rings. The summed E-state index contributed by atoms with van der Waals surface area (Å²) in [7, 11) is 0. The van der Waals surface area contributed by atoms with Crippen LogP contribution in [-0.2, 0) is 23.5 Å². The summed E-state index contributed by atoms with van der Waals surface area (Å²) >= 11 is 0. The molecule has 2 saturated carbocycles. The molecule has 1 heterocycles. The first-order chi connectivity index (χ1) is 12.2. The minimum atomic E-state index is 0. The van der Waals surface area contributed by atoms with E-state index in [0.29, 0.717) is 5.92 Å². The van der Waals surface area contributed by atoms with Crippen LogP contribution in [0.3, 0.4) is 0 Å². The second kappa shape index (κ2) is 11.0. The topological polar surface area (TPSA) is 13.1 Å². The van der Waals surface area contributed by atoms with Crippen molar-refractivity contribution in [2.24, 2.45) is 0 Å². The summed E-state index contributed by atoms with van der Waals surface area (Å²) in [5, 5.41) is 0. The van der Waals surface area contributed by atoms with Gasteiger partial charge in [0, 0.05) is 23.5 Å². The molecule has 1 atom stereocenters. The first-order valence-corrected chi connectivity index (χ1v) is 8.73. The first-order valence-electron chi connectivity index (χ1n) is 8.73. The van der Waals surface area contributed by atoms with E-state index in [9.17, 15) is 0 Å². The van der Waals surface area contributed by atoms with Crippen molar-refractivity contribution in [3.63, 3.8) is 0 Å². The molecular formula is C24H24FeO. The zero-order valence-corrected chi connectivity index (χ0v) is 16.3. The van der Waals surface area contributed by atoms with Crippen molar-refractivity contribution in [1.29, 1.82) is 0 Å². The van der Waals surface area contributed by atoms with Crippen LogP contribution in [0, 0.1) is 77.6 Å². The van der Waals surface area contributed by atoms with E-state index in [1.807, 2.05) is 45.1 Å². The maximum absolute atomic E-state index is 5.77. The van der Waals surface area contributed by atoms with E-state index in [1.54, 1.807) is 0 Å². The summed E-state index contributed by atoms with van der Waals surface area (Å²) in [6.45, 7) is 4.17. The van der Waals surface area contributed by atoms with Gasteiger partial charge in [-0.3, -0.25) is 0 Å².